The lowest BCUT2D eigenvalue weighted by Gasteiger charge is -2.04. The second-order valence-electron chi connectivity index (χ2n) is 6.30. The molecule has 2 aromatic carbocycles. The zero-order chi connectivity index (χ0) is 21.1. The average Bonchev–Trinajstić information content (AvgIpc) is 2.74. The van der Waals surface area contributed by atoms with Crippen molar-refractivity contribution >= 4 is 29.6 Å². The Bertz CT molecular complexity index is 903. The van der Waals surface area contributed by atoms with Gasteiger partial charge in [0.25, 0.3) is 11.8 Å². The van der Waals surface area contributed by atoms with Crippen LogP contribution in [-0.2, 0) is 9.59 Å². The molecule has 3 N–H and O–H groups in total. The molecule has 0 bridgehead atoms. The minimum Gasteiger partial charge on any atom is -0.322 e. The first-order chi connectivity index (χ1) is 14.0. The molecule has 0 fully saturated rings. The number of carbonyl (C=O) groups excluding carboxylic acids is 3. The number of nitrogens with zero attached hydrogens (tertiary/aromatic N) is 1. The summed E-state index contributed by atoms with van der Waals surface area (Å²) in [5.74, 6) is -0.869. The summed E-state index contributed by atoms with van der Waals surface area (Å²) in [5.41, 5.74) is 4.67. The van der Waals surface area contributed by atoms with Crippen molar-refractivity contribution in [2.75, 3.05) is 5.32 Å². The first-order valence-corrected chi connectivity index (χ1v) is 9.11. The molecule has 0 radical (unpaired) electrons. The van der Waals surface area contributed by atoms with Crippen molar-refractivity contribution in [1.82, 2.24) is 5.48 Å². The summed E-state index contributed by atoms with van der Waals surface area (Å²) >= 11 is 0. The Morgan fingerprint density at radius 3 is 2.38 bits per heavy atom. The highest BCUT2D eigenvalue weighted by Crippen LogP contribution is 2.11. The number of amides is 3. The maximum Gasteiger partial charge on any atom is 0.272 e. The third-order valence-electron chi connectivity index (χ3n) is 4.04. The topological polar surface area (TPSA) is 108 Å². The van der Waals surface area contributed by atoms with Gasteiger partial charge in [-0.25, -0.2) is 10.5 Å². The van der Waals surface area contributed by atoms with E-state index in [4.69, 9.17) is 5.21 Å². The van der Waals surface area contributed by atoms with Crippen LogP contribution in [0.3, 0.4) is 0 Å². The summed E-state index contributed by atoms with van der Waals surface area (Å²) in [6.45, 7) is 2.00. The number of allylic oxidation sites excluding steroid dienone is 1. The molecule has 2 aromatic rings. The number of rotatable bonds is 5. The summed E-state index contributed by atoms with van der Waals surface area (Å²) in [5, 5.41) is 11.0. The van der Waals surface area contributed by atoms with Crippen LogP contribution in [0.1, 0.15) is 35.2 Å². The van der Waals surface area contributed by atoms with E-state index < -0.39 is 5.91 Å². The summed E-state index contributed by atoms with van der Waals surface area (Å²) in [7, 11) is 0. The molecule has 3 amide bonds. The Labute approximate surface area is 169 Å². The van der Waals surface area contributed by atoms with Crippen LogP contribution in [0.2, 0.25) is 0 Å². The molecule has 3 rings (SSSR count). The van der Waals surface area contributed by atoms with E-state index >= 15 is 0 Å². The summed E-state index contributed by atoms with van der Waals surface area (Å²) in [4.78, 5) is 37.1. The Morgan fingerprint density at radius 1 is 1.07 bits per heavy atom. The van der Waals surface area contributed by atoms with E-state index in [1.807, 2.05) is 61.5 Å². The zero-order valence-electron chi connectivity index (χ0n) is 16.1. The number of dihydropyridines is 1. The van der Waals surface area contributed by atoms with Gasteiger partial charge in [-0.2, -0.15) is 0 Å². The molecule has 0 aromatic heterocycles. The van der Waals surface area contributed by atoms with Crippen LogP contribution < -0.4 is 10.8 Å². The Balaban J connectivity index is 0.000000212. The molecule has 7 nitrogen and oxygen atoms in total. The van der Waals surface area contributed by atoms with Gasteiger partial charge in [-0.05, 0) is 37.6 Å². The Morgan fingerprint density at radius 2 is 1.76 bits per heavy atom. The Kier molecular flexibility index (Phi) is 8.47. The number of para-hydroxylation sites is 1. The minimum absolute atomic E-state index is 0.0776. The number of aliphatic imine (C=N–C) groups is 1. The van der Waals surface area contributed by atoms with Crippen molar-refractivity contribution in [2.45, 2.75) is 26.2 Å². The number of hydrogen-bond acceptors (Lipinski definition) is 4. The van der Waals surface area contributed by atoms with Gasteiger partial charge in [0.05, 0.1) is 0 Å². The predicted octanol–water partition coefficient (Wildman–Crippen LogP) is 3.45. The number of nitrogens with one attached hydrogen (secondary N) is 2. The number of carbonyl (C=O) groups is 3. The van der Waals surface area contributed by atoms with Crippen molar-refractivity contribution in [1.29, 1.82) is 0 Å². The van der Waals surface area contributed by atoms with E-state index in [0.717, 1.165) is 11.3 Å². The van der Waals surface area contributed by atoms with E-state index in [1.54, 1.807) is 6.08 Å². The third-order valence-corrected chi connectivity index (χ3v) is 4.04. The maximum absolute atomic E-state index is 11.8. The monoisotopic (exact) mass is 393 g/mol. The smallest absolute Gasteiger partial charge is 0.272 e. The van der Waals surface area contributed by atoms with Crippen LogP contribution in [-0.4, -0.2) is 29.1 Å². The maximum atomic E-state index is 11.8. The van der Waals surface area contributed by atoms with Crippen LogP contribution in [0.5, 0.6) is 0 Å². The molecular weight excluding hydrogens is 370 g/mol. The van der Waals surface area contributed by atoms with E-state index in [1.165, 1.54) is 11.7 Å². The van der Waals surface area contributed by atoms with Gasteiger partial charge in [-0.1, -0.05) is 42.0 Å². The van der Waals surface area contributed by atoms with Crippen molar-refractivity contribution in [2.24, 2.45) is 4.99 Å². The van der Waals surface area contributed by atoms with Gasteiger partial charge in [0.1, 0.15) is 0 Å². The van der Waals surface area contributed by atoms with Crippen LogP contribution >= 0.6 is 0 Å². The highest BCUT2D eigenvalue weighted by molar-refractivity contribution is 6.04. The van der Waals surface area contributed by atoms with Gasteiger partial charge >= 0.3 is 0 Å². The molecule has 0 saturated carbocycles. The van der Waals surface area contributed by atoms with Gasteiger partial charge in [-0.15, -0.1) is 0 Å². The van der Waals surface area contributed by atoms with Gasteiger partial charge in [0.15, 0.2) is 0 Å². The van der Waals surface area contributed by atoms with Gasteiger partial charge in [0.2, 0.25) is 5.91 Å². The lowest BCUT2D eigenvalue weighted by molar-refractivity contribution is -0.129. The first-order valence-electron chi connectivity index (χ1n) is 9.11. The molecule has 150 valence electrons. The van der Waals surface area contributed by atoms with Crippen LogP contribution in [0, 0.1) is 6.92 Å². The number of hydrogen-bond donors (Lipinski definition) is 3. The lowest BCUT2D eigenvalue weighted by atomic mass is 10.1. The zero-order valence-corrected chi connectivity index (χ0v) is 16.1. The van der Waals surface area contributed by atoms with Gasteiger partial charge in [0, 0.05) is 35.9 Å². The molecule has 1 heterocycles. The summed E-state index contributed by atoms with van der Waals surface area (Å²) < 4.78 is 0. The van der Waals surface area contributed by atoms with E-state index in [9.17, 15) is 14.4 Å². The number of hydroxylamine groups is 1. The lowest BCUT2D eigenvalue weighted by Crippen LogP contribution is -2.19. The molecule has 0 saturated heterocycles. The fourth-order valence-electron chi connectivity index (χ4n) is 2.44. The molecule has 0 aliphatic carbocycles. The Hall–Kier alpha value is -3.58. The molecule has 0 unspecified atom stereocenters. The summed E-state index contributed by atoms with van der Waals surface area (Å²) in [6, 6.07) is 17.0. The SMILES string of the molecule is Cc1ccc(C(=O)Nc2ccccc2)cc1.O=C(CCC1=CCC=NC1=O)NO. The summed E-state index contributed by atoms with van der Waals surface area (Å²) in [6.07, 6.45) is 4.31. The van der Waals surface area contributed by atoms with Crippen LogP contribution in [0.15, 0.2) is 71.2 Å². The second-order valence-corrected chi connectivity index (χ2v) is 6.30. The largest absolute Gasteiger partial charge is 0.322 e. The first kappa shape index (κ1) is 21.7. The molecule has 29 heavy (non-hydrogen) atoms. The highest BCUT2D eigenvalue weighted by atomic mass is 16.5. The highest BCUT2D eigenvalue weighted by Gasteiger charge is 2.11. The van der Waals surface area contributed by atoms with Crippen molar-refractivity contribution in [3.63, 3.8) is 0 Å². The van der Waals surface area contributed by atoms with Crippen LogP contribution in [0.25, 0.3) is 0 Å². The van der Waals surface area contributed by atoms with Crippen molar-refractivity contribution in [3.05, 3.63) is 77.4 Å². The second kappa shape index (κ2) is 11.3. The standard InChI is InChI=1S/C14H13NO.C8H10N2O3/c1-11-7-9-12(10-8-11)14(16)15-13-5-3-2-4-6-13;11-7(10-13)4-3-6-2-1-5-9-8(6)12/h2-10H,1H3,(H,15,16);2,5,13H,1,3-4H2,(H,10,11). The molecule has 1 aliphatic heterocycles. The quantitative estimate of drug-likeness (QED) is 0.534. The van der Waals surface area contributed by atoms with E-state index in [0.29, 0.717) is 24.0 Å². The number of aryl methyl sites for hydroxylation is 1. The average molecular weight is 393 g/mol. The predicted molar refractivity (Wildman–Crippen MR) is 111 cm³/mol. The fraction of sp³-hybridized carbons (Fsp3) is 0.182. The fourth-order valence-corrected chi connectivity index (χ4v) is 2.44. The molecule has 0 atom stereocenters. The minimum atomic E-state index is -0.497. The third kappa shape index (κ3) is 7.51. The van der Waals surface area contributed by atoms with Gasteiger partial charge < -0.3 is 5.32 Å². The molecule has 1 aliphatic rings. The van der Waals surface area contributed by atoms with E-state index in [-0.39, 0.29) is 18.2 Å². The van der Waals surface area contributed by atoms with Crippen LogP contribution in [0.4, 0.5) is 5.69 Å². The van der Waals surface area contributed by atoms with Crippen molar-refractivity contribution < 1.29 is 19.6 Å². The number of anilines is 1. The van der Waals surface area contributed by atoms with E-state index in [2.05, 4.69) is 10.3 Å². The molecule has 7 heteroatoms. The van der Waals surface area contributed by atoms with Gasteiger partial charge in [-0.3, -0.25) is 19.6 Å². The molecule has 0 spiro atoms. The van der Waals surface area contributed by atoms with Crippen molar-refractivity contribution in [3.8, 4) is 0 Å². The molecular formula is C22H23N3O4. The normalized spacial score (nSPS) is 12.3. The number of benzene rings is 2.